The molecule has 2 aromatic heterocycles. The molecule has 1 atom stereocenters. The first-order valence-corrected chi connectivity index (χ1v) is 6.04. The van der Waals surface area contributed by atoms with Crippen LogP contribution in [-0.4, -0.2) is 32.7 Å². The third-order valence-corrected chi connectivity index (χ3v) is 2.88. The van der Waals surface area contributed by atoms with Crippen LogP contribution in [0.2, 0.25) is 0 Å². The lowest BCUT2D eigenvalue weighted by atomic mass is 10.2. The molecule has 20 heavy (non-hydrogen) atoms. The summed E-state index contributed by atoms with van der Waals surface area (Å²) in [6.07, 6.45) is 1.54. The quantitative estimate of drug-likeness (QED) is 0.746. The number of nitrogens with one attached hydrogen (secondary N) is 2. The van der Waals surface area contributed by atoms with Gasteiger partial charge in [0.1, 0.15) is 6.04 Å². The minimum Gasteiger partial charge on any atom is -0.352 e. The summed E-state index contributed by atoms with van der Waals surface area (Å²) in [6.45, 7) is 3.41. The molecule has 0 aliphatic heterocycles. The molecule has 4 N–H and O–H groups in total. The van der Waals surface area contributed by atoms with Gasteiger partial charge in [-0.2, -0.15) is 5.10 Å². The number of nitrogens with zero attached hydrogens (tertiary/aromatic N) is 3. The Morgan fingerprint density at radius 1 is 1.45 bits per heavy atom. The minimum atomic E-state index is -0.746. The molecular formula is C12H16N6O2. The second-order valence-corrected chi connectivity index (χ2v) is 4.52. The second-order valence-electron chi connectivity index (χ2n) is 4.52. The number of aryl methyl sites for hydroxylation is 2. The molecule has 8 heteroatoms. The number of primary amides is 1. The van der Waals surface area contributed by atoms with Crippen molar-refractivity contribution in [2.24, 2.45) is 12.8 Å². The summed E-state index contributed by atoms with van der Waals surface area (Å²) >= 11 is 0. The van der Waals surface area contributed by atoms with E-state index >= 15 is 0 Å². The van der Waals surface area contributed by atoms with Crippen molar-refractivity contribution in [2.45, 2.75) is 19.9 Å². The Morgan fingerprint density at radius 3 is 2.80 bits per heavy atom. The van der Waals surface area contributed by atoms with Crippen molar-refractivity contribution in [3.63, 3.8) is 0 Å². The van der Waals surface area contributed by atoms with E-state index in [1.807, 2.05) is 6.92 Å². The molecule has 0 aliphatic carbocycles. The van der Waals surface area contributed by atoms with Crippen molar-refractivity contribution < 1.29 is 9.59 Å². The molecule has 0 spiro atoms. The topological polar surface area (TPSA) is 115 Å². The lowest BCUT2D eigenvalue weighted by Crippen LogP contribution is -2.44. The third-order valence-electron chi connectivity index (χ3n) is 2.88. The number of aromatic nitrogens is 3. The number of anilines is 1. The summed E-state index contributed by atoms with van der Waals surface area (Å²) in [5.41, 5.74) is 7.07. The van der Waals surface area contributed by atoms with Crippen LogP contribution in [0.5, 0.6) is 0 Å². The zero-order valence-electron chi connectivity index (χ0n) is 11.5. The van der Waals surface area contributed by atoms with Crippen LogP contribution in [-0.2, 0) is 11.8 Å². The van der Waals surface area contributed by atoms with Crippen LogP contribution in [0.4, 0.5) is 10.5 Å². The number of hydrogen-bond acceptors (Lipinski definition) is 4. The fourth-order valence-electron chi connectivity index (χ4n) is 1.91. The summed E-state index contributed by atoms with van der Waals surface area (Å²) in [7, 11) is 1.81. The van der Waals surface area contributed by atoms with Crippen molar-refractivity contribution in [3.05, 3.63) is 18.0 Å². The highest BCUT2D eigenvalue weighted by molar-refractivity contribution is 5.97. The first-order valence-electron chi connectivity index (χ1n) is 6.04. The van der Waals surface area contributed by atoms with Crippen molar-refractivity contribution in [1.82, 2.24) is 20.1 Å². The zero-order chi connectivity index (χ0) is 14.9. The van der Waals surface area contributed by atoms with E-state index in [-0.39, 0.29) is 5.91 Å². The van der Waals surface area contributed by atoms with Gasteiger partial charge >= 0.3 is 6.03 Å². The molecule has 2 heterocycles. The van der Waals surface area contributed by atoms with Crippen LogP contribution in [0.3, 0.4) is 0 Å². The van der Waals surface area contributed by atoms with Gasteiger partial charge in [0.2, 0.25) is 5.91 Å². The van der Waals surface area contributed by atoms with Gasteiger partial charge < -0.3 is 16.4 Å². The Bertz CT molecular complexity index is 678. The molecule has 106 valence electrons. The molecule has 0 aliphatic rings. The number of hydrogen-bond donors (Lipinski definition) is 3. The van der Waals surface area contributed by atoms with Gasteiger partial charge in [0.05, 0.1) is 17.6 Å². The maximum absolute atomic E-state index is 11.8. The molecular weight excluding hydrogens is 260 g/mol. The summed E-state index contributed by atoms with van der Waals surface area (Å²) in [5.74, 6) is -0.369. The van der Waals surface area contributed by atoms with E-state index in [1.165, 1.54) is 0 Å². The lowest BCUT2D eigenvalue weighted by Gasteiger charge is -2.12. The van der Waals surface area contributed by atoms with E-state index in [1.54, 1.807) is 30.9 Å². The van der Waals surface area contributed by atoms with Crippen molar-refractivity contribution >= 4 is 28.7 Å². The van der Waals surface area contributed by atoms with Crippen LogP contribution in [0.15, 0.2) is 12.3 Å². The molecule has 0 unspecified atom stereocenters. The molecule has 0 saturated carbocycles. The maximum atomic E-state index is 11.8. The molecule has 0 fully saturated rings. The van der Waals surface area contributed by atoms with Crippen LogP contribution in [0, 0.1) is 6.92 Å². The van der Waals surface area contributed by atoms with Gasteiger partial charge in [-0.25, -0.2) is 9.78 Å². The average Bonchev–Trinajstić information content (AvgIpc) is 2.64. The van der Waals surface area contributed by atoms with Gasteiger partial charge in [0.15, 0.2) is 5.65 Å². The van der Waals surface area contributed by atoms with E-state index in [9.17, 15) is 9.59 Å². The van der Waals surface area contributed by atoms with E-state index in [0.29, 0.717) is 5.69 Å². The SMILES string of the molecule is Cc1nn(C)c2ncc(NC(=O)[C@H](C)NC(N)=O)cc12. The number of nitrogens with two attached hydrogens (primary N) is 1. The normalized spacial score (nSPS) is 12.2. The Kier molecular flexibility index (Phi) is 3.55. The molecule has 0 radical (unpaired) electrons. The molecule has 3 amide bonds. The standard InChI is InChI=1S/C12H16N6O2/c1-6-9-4-8(5-14-10(9)18(3)17-6)16-11(19)7(2)15-12(13)20/h4-5,7H,1-3H3,(H,16,19)(H3,13,15,20)/t7-/m0/s1. The Hall–Kier alpha value is -2.64. The van der Waals surface area contributed by atoms with Gasteiger partial charge in [0.25, 0.3) is 0 Å². The average molecular weight is 276 g/mol. The van der Waals surface area contributed by atoms with E-state index < -0.39 is 12.1 Å². The summed E-state index contributed by atoms with van der Waals surface area (Å²) < 4.78 is 1.67. The van der Waals surface area contributed by atoms with Crippen LogP contribution < -0.4 is 16.4 Å². The summed E-state index contributed by atoms with van der Waals surface area (Å²) in [4.78, 5) is 26.8. The van der Waals surface area contributed by atoms with Crippen molar-refractivity contribution in [3.8, 4) is 0 Å². The smallest absolute Gasteiger partial charge is 0.312 e. The van der Waals surface area contributed by atoms with Crippen LogP contribution in [0.1, 0.15) is 12.6 Å². The van der Waals surface area contributed by atoms with Crippen LogP contribution in [0.25, 0.3) is 11.0 Å². The lowest BCUT2D eigenvalue weighted by molar-refractivity contribution is -0.117. The second kappa shape index (κ2) is 5.16. The van der Waals surface area contributed by atoms with E-state index in [2.05, 4.69) is 20.7 Å². The Balaban J connectivity index is 2.20. The Labute approximate surface area is 115 Å². The zero-order valence-corrected chi connectivity index (χ0v) is 11.5. The number of pyridine rings is 1. The number of carbonyl (C=O) groups is 2. The highest BCUT2D eigenvalue weighted by atomic mass is 16.2. The predicted molar refractivity (Wildman–Crippen MR) is 74.1 cm³/mol. The number of rotatable bonds is 3. The molecule has 0 saturated heterocycles. The number of amides is 3. The fourth-order valence-corrected chi connectivity index (χ4v) is 1.91. The summed E-state index contributed by atoms with van der Waals surface area (Å²) in [6, 6.07) is 0.321. The maximum Gasteiger partial charge on any atom is 0.312 e. The van der Waals surface area contributed by atoms with Gasteiger partial charge in [-0.15, -0.1) is 0 Å². The molecule has 8 nitrogen and oxygen atoms in total. The van der Waals surface area contributed by atoms with Gasteiger partial charge in [-0.05, 0) is 19.9 Å². The minimum absolute atomic E-state index is 0.369. The van der Waals surface area contributed by atoms with Crippen molar-refractivity contribution in [1.29, 1.82) is 0 Å². The highest BCUT2D eigenvalue weighted by Gasteiger charge is 2.15. The van der Waals surface area contributed by atoms with E-state index in [4.69, 9.17) is 5.73 Å². The monoisotopic (exact) mass is 276 g/mol. The first kappa shape index (κ1) is 13.8. The van der Waals surface area contributed by atoms with E-state index in [0.717, 1.165) is 16.7 Å². The molecule has 0 aromatic carbocycles. The van der Waals surface area contributed by atoms with Gasteiger partial charge in [0, 0.05) is 12.4 Å². The van der Waals surface area contributed by atoms with Crippen LogP contribution >= 0.6 is 0 Å². The summed E-state index contributed by atoms with van der Waals surface area (Å²) in [5, 5.41) is 10.1. The number of urea groups is 1. The highest BCUT2D eigenvalue weighted by Crippen LogP contribution is 2.19. The predicted octanol–water partition coefficient (Wildman–Crippen LogP) is 0.272. The van der Waals surface area contributed by atoms with Gasteiger partial charge in [-0.1, -0.05) is 0 Å². The van der Waals surface area contributed by atoms with Crippen molar-refractivity contribution in [2.75, 3.05) is 5.32 Å². The molecule has 0 bridgehead atoms. The fraction of sp³-hybridized carbons (Fsp3) is 0.333. The van der Waals surface area contributed by atoms with Gasteiger partial charge in [-0.3, -0.25) is 9.48 Å². The Morgan fingerprint density at radius 2 is 2.15 bits per heavy atom. The number of carbonyl (C=O) groups excluding carboxylic acids is 2. The number of fused-ring (bicyclic) bond motifs is 1. The third kappa shape index (κ3) is 2.68. The molecule has 2 aromatic rings. The largest absolute Gasteiger partial charge is 0.352 e. The first-order chi connectivity index (χ1) is 9.38. The molecule has 2 rings (SSSR count).